The van der Waals surface area contributed by atoms with Crippen LogP contribution in [-0.4, -0.2) is 15.9 Å². The van der Waals surface area contributed by atoms with Gasteiger partial charge in [-0.3, -0.25) is 15.1 Å². The maximum Gasteiger partial charge on any atom is 0.259 e. The van der Waals surface area contributed by atoms with Crippen LogP contribution < -0.4 is 5.32 Å². The molecule has 0 saturated carbocycles. The number of para-hydroxylation sites is 1. The van der Waals surface area contributed by atoms with Crippen molar-refractivity contribution in [3.05, 3.63) is 76.3 Å². The fourth-order valence-corrected chi connectivity index (χ4v) is 4.18. The first-order valence-electron chi connectivity index (χ1n) is 8.72. The number of thiazole rings is 1. The van der Waals surface area contributed by atoms with Crippen molar-refractivity contribution in [1.82, 2.24) is 9.97 Å². The molecule has 0 unspecified atom stereocenters. The van der Waals surface area contributed by atoms with Crippen LogP contribution in [0.5, 0.6) is 0 Å². The Hall–Kier alpha value is -3.05. The molecule has 0 saturated heterocycles. The molecule has 0 bridgehead atoms. The second kappa shape index (κ2) is 6.93. The zero-order valence-electron chi connectivity index (χ0n) is 15.4. The number of hydrogen-bond donors (Lipinski definition) is 1. The van der Waals surface area contributed by atoms with E-state index in [2.05, 4.69) is 48.2 Å². The Labute approximate surface area is 161 Å². The summed E-state index contributed by atoms with van der Waals surface area (Å²) in [6, 6.07) is 13.7. The lowest BCUT2D eigenvalue weighted by atomic mass is 9.98. The number of pyridine rings is 1. The van der Waals surface area contributed by atoms with Crippen LogP contribution in [0.3, 0.4) is 0 Å². The first kappa shape index (κ1) is 17.4. The van der Waals surface area contributed by atoms with Gasteiger partial charge in [0.05, 0.1) is 16.8 Å². The Morgan fingerprint density at radius 2 is 1.78 bits per heavy atom. The highest BCUT2D eigenvalue weighted by atomic mass is 32.1. The molecule has 0 fully saturated rings. The first-order valence-corrected chi connectivity index (χ1v) is 9.60. The van der Waals surface area contributed by atoms with E-state index in [1.165, 1.54) is 28.0 Å². The standard InChI is InChI=1S/C22H19N3OS/c1-13-10-14(2)19(15(3)11-13)18-12-27-22(24-18)25-21(26)17-8-4-6-16-7-5-9-23-20(16)17/h4-12H,1-3H3,(H,24,25,26). The van der Waals surface area contributed by atoms with Gasteiger partial charge in [0.2, 0.25) is 0 Å². The number of benzene rings is 2. The zero-order chi connectivity index (χ0) is 19.0. The largest absolute Gasteiger partial charge is 0.298 e. The average Bonchev–Trinajstić information content (AvgIpc) is 3.08. The Morgan fingerprint density at radius 3 is 2.56 bits per heavy atom. The second-order valence-electron chi connectivity index (χ2n) is 6.65. The monoisotopic (exact) mass is 373 g/mol. The van der Waals surface area contributed by atoms with Crippen LogP contribution in [-0.2, 0) is 0 Å². The molecule has 4 rings (SSSR count). The van der Waals surface area contributed by atoms with Gasteiger partial charge in [0, 0.05) is 22.5 Å². The number of carbonyl (C=O) groups is 1. The van der Waals surface area contributed by atoms with Gasteiger partial charge in [-0.15, -0.1) is 11.3 Å². The van der Waals surface area contributed by atoms with Gasteiger partial charge in [0.1, 0.15) is 0 Å². The Balaban J connectivity index is 1.64. The number of hydrogen-bond acceptors (Lipinski definition) is 4. The molecule has 134 valence electrons. The Morgan fingerprint density at radius 1 is 1.04 bits per heavy atom. The molecule has 2 aromatic heterocycles. The summed E-state index contributed by atoms with van der Waals surface area (Å²) >= 11 is 1.43. The fraction of sp³-hybridized carbons (Fsp3) is 0.136. The number of carbonyl (C=O) groups excluding carboxylic acids is 1. The molecule has 5 heteroatoms. The van der Waals surface area contributed by atoms with E-state index in [9.17, 15) is 4.79 Å². The number of rotatable bonds is 3. The number of nitrogens with zero attached hydrogens (tertiary/aromatic N) is 2. The lowest BCUT2D eigenvalue weighted by Crippen LogP contribution is -2.12. The summed E-state index contributed by atoms with van der Waals surface area (Å²) in [5.41, 5.74) is 6.88. The maximum absolute atomic E-state index is 12.8. The minimum absolute atomic E-state index is 0.197. The topological polar surface area (TPSA) is 54.9 Å². The van der Waals surface area contributed by atoms with Gasteiger partial charge in [-0.05, 0) is 44.0 Å². The predicted molar refractivity (Wildman–Crippen MR) is 111 cm³/mol. The van der Waals surface area contributed by atoms with Gasteiger partial charge in [-0.1, -0.05) is 35.9 Å². The van der Waals surface area contributed by atoms with E-state index in [1.54, 1.807) is 12.3 Å². The van der Waals surface area contributed by atoms with Crippen molar-refractivity contribution in [1.29, 1.82) is 0 Å². The molecule has 0 radical (unpaired) electrons. The summed E-state index contributed by atoms with van der Waals surface area (Å²) in [5, 5.41) is 6.43. The van der Waals surface area contributed by atoms with Gasteiger partial charge in [-0.25, -0.2) is 4.98 Å². The first-order chi connectivity index (χ1) is 13.0. The average molecular weight is 373 g/mol. The highest BCUT2D eigenvalue weighted by Crippen LogP contribution is 2.31. The van der Waals surface area contributed by atoms with Gasteiger partial charge in [0.25, 0.3) is 5.91 Å². The lowest BCUT2D eigenvalue weighted by molar-refractivity contribution is 0.102. The van der Waals surface area contributed by atoms with E-state index < -0.39 is 0 Å². The number of aryl methyl sites for hydroxylation is 3. The SMILES string of the molecule is Cc1cc(C)c(-c2csc(NC(=O)c3cccc4cccnc34)n2)c(C)c1. The third-order valence-corrected chi connectivity index (χ3v) is 5.29. The van der Waals surface area contributed by atoms with Crippen molar-refractivity contribution >= 4 is 33.3 Å². The van der Waals surface area contributed by atoms with Gasteiger partial charge >= 0.3 is 0 Å². The van der Waals surface area contributed by atoms with E-state index in [4.69, 9.17) is 0 Å². The third kappa shape index (κ3) is 3.34. The van der Waals surface area contributed by atoms with Crippen LogP contribution >= 0.6 is 11.3 Å². The van der Waals surface area contributed by atoms with E-state index in [1.807, 2.05) is 29.6 Å². The van der Waals surface area contributed by atoms with E-state index in [-0.39, 0.29) is 5.91 Å². The van der Waals surface area contributed by atoms with Crippen LogP contribution in [0.15, 0.2) is 54.0 Å². The lowest BCUT2D eigenvalue weighted by Gasteiger charge is -2.09. The molecule has 0 aliphatic heterocycles. The molecule has 1 amide bonds. The van der Waals surface area contributed by atoms with Crippen LogP contribution in [0.2, 0.25) is 0 Å². The Kier molecular flexibility index (Phi) is 4.46. The van der Waals surface area contributed by atoms with E-state index >= 15 is 0 Å². The van der Waals surface area contributed by atoms with Crippen LogP contribution in [0, 0.1) is 20.8 Å². The minimum atomic E-state index is -0.197. The second-order valence-corrected chi connectivity index (χ2v) is 7.50. The quantitative estimate of drug-likeness (QED) is 0.513. The molecule has 0 aliphatic carbocycles. The molecule has 0 atom stereocenters. The molecular weight excluding hydrogens is 354 g/mol. The summed E-state index contributed by atoms with van der Waals surface area (Å²) in [6.07, 6.45) is 1.70. The van der Waals surface area contributed by atoms with Crippen molar-refractivity contribution in [2.75, 3.05) is 5.32 Å². The van der Waals surface area contributed by atoms with Crippen molar-refractivity contribution in [2.24, 2.45) is 0 Å². The molecule has 2 aromatic carbocycles. The number of aromatic nitrogens is 2. The zero-order valence-corrected chi connectivity index (χ0v) is 16.2. The Bertz CT molecular complexity index is 1130. The van der Waals surface area contributed by atoms with E-state index in [0.29, 0.717) is 16.2 Å². The summed E-state index contributed by atoms with van der Waals surface area (Å²) in [4.78, 5) is 21.8. The summed E-state index contributed by atoms with van der Waals surface area (Å²) in [6.45, 7) is 6.28. The van der Waals surface area contributed by atoms with Crippen LogP contribution in [0.25, 0.3) is 22.2 Å². The van der Waals surface area contributed by atoms with Crippen LogP contribution in [0.1, 0.15) is 27.0 Å². The highest BCUT2D eigenvalue weighted by Gasteiger charge is 2.15. The minimum Gasteiger partial charge on any atom is -0.298 e. The van der Waals surface area contributed by atoms with Gasteiger partial charge in [-0.2, -0.15) is 0 Å². The molecule has 1 N–H and O–H groups in total. The van der Waals surface area contributed by atoms with Gasteiger partial charge < -0.3 is 0 Å². The van der Waals surface area contributed by atoms with Crippen molar-refractivity contribution < 1.29 is 4.79 Å². The molecule has 4 aromatic rings. The molecule has 0 aliphatic rings. The number of anilines is 1. The van der Waals surface area contributed by atoms with Crippen molar-refractivity contribution in [3.8, 4) is 11.3 Å². The smallest absolute Gasteiger partial charge is 0.259 e. The molecule has 2 heterocycles. The normalized spacial score (nSPS) is 10.9. The molecule has 4 nitrogen and oxygen atoms in total. The predicted octanol–water partition coefficient (Wildman–Crippen LogP) is 5.54. The summed E-state index contributed by atoms with van der Waals surface area (Å²) in [5.74, 6) is -0.197. The number of amides is 1. The fourth-order valence-electron chi connectivity index (χ4n) is 3.48. The van der Waals surface area contributed by atoms with Gasteiger partial charge in [0.15, 0.2) is 5.13 Å². The molecular formula is C22H19N3OS. The van der Waals surface area contributed by atoms with Crippen molar-refractivity contribution in [2.45, 2.75) is 20.8 Å². The maximum atomic E-state index is 12.8. The van der Waals surface area contributed by atoms with E-state index in [0.717, 1.165) is 16.6 Å². The number of nitrogens with one attached hydrogen (secondary N) is 1. The van der Waals surface area contributed by atoms with Crippen molar-refractivity contribution in [3.63, 3.8) is 0 Å². The summed E-state index contributed by atoms with van der Waals surface area (Å²) < 4.78 is 0. The summed E-state index contributed by atoms with van der Waals surface area (Å²) in [7, 11) is 0. The highest BCUT2D eigenvalue weighted by molar-refractivity contribution is 7.14. The number of fused-ring (bicyclic) bond motifs is 1. The third-order valence-electron chi connectivity index (χ3n) is 4.54. The van der Waals surface area contributed by atoms with Crippen LogP contribution in [0.4, 0.5) is 5.13 Å². The molecule has 27 heavy (non-hydrogen) atoms. The molecule has 0 spiro atoms.